The van der Waals surface area contributed by atoms with Gasteiger partial charge in [0.1, 0.15) is 6.54 Å². The first kappa shape index (κ1) is 25.3. The maximum absolute atomic E-state index is 12.5. The maximum atomic E-state index is 12.5. The van der Waals surface area contributed by atoms with Gasteiger partial charge in [0.05, 0.1) is 23.2 Å². The van der Waals surface area contributed by atoms with E-state index < -0.39 is 22.5 Å². The smallest absolute Gasteiger partial charge is 0.260 e. The Morgan fingerprint density at radius 3 is 2.58 bits per heavy atom. The predicted molar refractivity (Wildman–Crippen MR) is 137 cm³/mol. The summed E-state index contributed by atoms with van der Waals surface area (Å²) < 4.78 is 28.5. The third kappa shape index (κ3) is 6.17. The molecule has 0 saturated carbocycles. The van der Waals surface area contributed by atoms with E-state index >= 15 is 0 Å². The number of sulfonamides is 1. The number of hydrogen-bond acceptors (Lipinski definition) is 4. The minimum Gasteiger partial charge on any atom is -0.318 e. The molecule has 33 heavy (non-hydrogen) atoms. The summed E-state index contributed by atoms with van der Waals surface area (Å²) in [5, 5.41) is 4.46. The van der Waals surface area contributed by atoms with Crippen molar-refractivity contribution in [2.24, 2.45) is 5.10 Å². The third-order valence-corrected chi connectivity index (χ3v) is 6.97. The van der Waals surface area contributed by atoms with Gasteiger partial charge in [0, 0.05) is 32.1 Å². The Bertz CT molecular complexity index is 1340. The van der Waals surface area contributed by atoms with Crippen molar-refractivity contribution in [3.05, 3.63) is 80.0 Å². The van der Waals surface area contributed by atoms with Gasteiger partial charge in [0.25, 0.3) is 5.91 Å². The average molecular weight is 572 g/mol. The van der Waals surface area contributed by atoms with Crippen LogP contribution in [0.2, 0.25) is 10.0 Å². The zero-order chi connectivity index (χ0) is 24.3. The van der Waals surface area contributed by atoms with Crippen molar-refractivity contribution in [3.63, 3.8) is 0 Å². The van der Waals surface area contributed by atoms with Crippen molar-refractivity contribution in [1.29, 1.82) is 0 Å². The van der Waals surface area contributed by atoms with E-state index in [1.807, 2.05) is 44.2 Å². The van der Waals surface area contributed by atoms with E-state index in [0.29, 0.717) is 5.02 Å². The number of aromatic nitrogens is 1. The molecular weight excluding hydrogens is 551 g/mol. The fourth-order valence-electron chi connectivity index (χ4n) is 3.33. The molecule has 0 spiro atoms. The molecule has 1 N–H and O–H groups in total. The van der Waals surface area contributed by atoms with Gasteiger partial charge in [-0.05, 0) is 56.3 Å². The zero-order valence-electron chi connectivity index (χ0n) is 18.0. The Labute approximate surface area is 211 Å². The highest BCUT2D eigenvalue weighted by Crippen LogP contribution is 2.30. The molecule has 0 aliphatic carbocycles. The SMILES string of the molecule is Cc1cc(C=NNC(=O)CN(c2cc(Cl)ccc2Cl)S(C)(=O)=O)c(C)n1-c1cccc(Br)c1. The van der Waals surface area contributed by atoms with Crippen molar-refractivity contribution >= 4 is 67.0 Å². The molecule has 0 aliphatic rings. The molecule has 3 aromatic rings. The van der Waals surface area contributed by atoms with Gasteiger partial charge in [-0.3, -0.25) is 9.10 Å². The van der Waals surface area contributed by atoms with E-state index in [1.165, 1.54) is 24.4 Å². The summed E-state index contributed by atoms with van der Waals surface area (Å²) in [5.41, 5.74) is 6.22. The number of carbonyl (C=O) groups excluding carboxylic acids is 1. The van der Waals surface area contributed by atoms with E-state index in [4.69, 9.17) is 23.2 Å². The van der Waals surface area contributed by atoms with Gasteiger partial charge in [0.2, 0.25) is 10.0 Å². The van der Waals surface area contributed by atoms with Crippen molar-refractivity contribution in [2.45, 2.75) is 13.8 Å². The van der Waals surface area contributed by atoms with E-state index in [-0.39, 0.29) is 10.7 Å². The van der Waals surface area contributed by atoms with Gasteiger partial charge in [-0.1, -0.05) is 45.2 Å². The number of halogens is 3. The van der Waals surface area contributed by atoms with Crippen LogP contribution in [-0.2, 0) is 14.8 Å². The summed E-state index contributed by atoms with van der Waals surface area (Å²) in [7, 11) is -3.80. The first-order chi connectivity index (χ1) is 15.5. The third-order valence-electron chi connectivity index (χ3n) is 4.79. The van der Waals surface area contributed by atoms with Crippen LogP contribution < -0.4 is 9.73 Å². The highest BCUT2D eigenvalue weighted by molar-refractivity contribution is 9.10. The quantitative estimate of drug-likeness (QED) is 0.317. The second-order valence-electron chi connectivity index (χ2n) is 7.30. The highest BCUT2D eigenvalue weighted by Gasteiger charge is 2.23. The number of rotatable bonds is 7. The molecule has 2 aromatic carbocycles. The first-order valence-corrected chi connectivity index (χ1v) is 13.1. The van der Waals surface area contributed by atoms with Crippen LogP contribution in [0.4, 0.5) is 5.69 Å². The monoisotopic (exact) mass is 570 g/mol. The van der Waals surface area contributed by atoms with Gasteiger partial charge < -0.3 is 4.57 Å². The van der Waals surface area contributed by atoms with Gasteiger partial charge >= 0.3 is 0 Å². The van der Waals surface area contributed by atoms with Gasteiger partial charge in [-0.2, -0.15) is 5.10 Å². The molecule has 7 nitrogen and oxygen atoms in total. The number of hydrogen-bond donors (Lipinski definition) is 1. The molecule has 11 heteroatoms. The minimum atomic E-state index is -3.80. The molecule has 3 rings (SSSR count). The molecule has 1 heterocycles. The molecule has 0 bridgehead atoms. The molecule has 0 atom stereocenters. The molecular formula is C22H21BrCl2N4O3S. The Morgan fingerprint density at radius 2 is 1.91 bits per heavy atom. The van der Waals surface area contributed by atoms with Crippen LogP contribution in [0, 0.1) is 13.8 Å². The number of amides is 1. The summed E-state index contributed by atoms with van der Waals surface area (Å²) >= 11 is 15.6. The van der Waals surface area contributed by atoms with Crippen LogP contribution in [-0.4, -0.2) is 37.9 Å². The topological polar surface area (TPSA) is 83.8 Å². The predicted octanol–water partition coefficient (Wildman–Crippen LogP) is 5.08. The second-order valence-corrected chi connectivity index (χ2v) is 11.0. The summed E-state index contributed by atoms with van der Waals surface area (Å²) in [6.45, 7) is 3.42. The van der Waals surface area contributed by atoms with Crippen LogP contribution in [0.15, 0.2) is 58.1 Å². The number of anilines is 1. The highest BCUT2D eigenvalue weighted by atomic mass is 79.9. The number of nitrogens with one attached hydrogen (secondary N) is 1. The van der Waals surface area contributed by atoms with E-state index in [9.17, 15) is 13.2 Å². The van der Waals surface area contributed by atoms with Crippen LogP contribution in [0.25, 0.3) is 5.69 Å². The lowest BCUT2D eigenvalue weighted by molar-refractivity contribution is -0.119. The molecule has 1 amide bonds. The fourth-order valence-corrected chi connectivity index (χ4v) is 5.01. The lowest BCUT2D eigenvalue weighted by Crippen LogP contribution is -2.39. The number of aryl methyl sites for hydroxylation is 1. The molecule has 0 saturated heterocycles. The normalized spacial score (nSPS) is 11.7. The van der Waals surface area contributed by atoms with Crippen molar-refractivity contribution in [2.75, 3.05) is 17.1 Å². The van der Waals surface area contributed by atoms with Crippen LogP contribution >= 0.6 is 39.1 Å². The van der Waals surface area contributed by atoms with Gasteiger partial charge in [-0.25, -0.2) is 13.8 Å². The van der Waals surface area contributed by atoms with E-state index in [2.05, 4.69) is 31.0 Å². The summed E-state index contributed by atoms with van der Waals surface area (Å²) in [4.78, 5) is 12.5. The lowest BCUT2D eigenvalue weighted by Gasteiger charge is -2.22. The second kappa shape index (κ2) is 10.3. The van der Waals surface area contributed by atoms with Crippen molar-refractivity contribution in [3.8, 4) is 5.69 Å². The average Bonchev–Trinajstić information content (AvgIpc) is 3.00. The van der Waals surface area contributed by atoms with Crippen LogP contribution in [0.3, 0.4) is 0 Å². The van der Waals surface area contributed by atoms with Crippen LogP contribution in [0.5, 0.6) is 0 Å². The zero-order valence-corrected chi connectivity index (χ0v) is 21.9. The van der Waals surface area contributed by atoms with Crippen LogP contribution in [0.1, 0.15) is 17.0 Å². The Kier molecular flexibility index (Phi) is 7.89. The number of carbonyl (C=O) groups is 1. The van der Waals surface area contributed by atoms with Crippen molar-refractivity contribution < 1.29 is 13.2 Å². The number of benzene rings is 2. The molecule has 0 fully saturated rings. The Balaban J connectivity index is 1.77. The number of hydrazone groups is 1. The lowest BCUT2D eigenvalue weighted by atomic mass is 10.2. The molecule has 0 unspecified atom stereocenters. The van der Waals surface area contributed by atoms with Gasteiger partial charge in [-0.15, -0.1) is 0 Å². The van der Waals surface area contributed by atoms with E-state index in [0.717, 1.165) is 37.7 Å². The number of nitrogens with zero attached hydrogens (tertiary/aromatic N) is 3. The fraction of sp³-hybridized carbons (Fsp3) is 0.182. The summed E-state index contributed by atoms with van der Waals surface area (Å²) in [5.74, 6) is -0.631. The Hall–Kier alpha value is -2.33. The maximum Gasteiger partial charge on any atom is 0.260 e. The summed E-state index contributed by atoms with van der Waals surface area (Å²) in [6.07, 6.45) is 2.50. The van der Waals surface area contributed by atoms with Crippen molar-refractivity contribution in [1.82, 2.24) is 9.99 Å². The Morgan fingerprint density at radius 1 is 1.18 bits per heavy atom. The molecule has 174 valence electrons. The first-order valence-electron chi connectivity index (χ1n) is 9.67. The summed E-state index contributed by atoms with van der Waals surface area (Å²) in [6, 6.07) is 14.2. The van der Waals surface area contributed by atoms with E-state index in [1.54, 1.807) is 0 Å². The standard InChI is InChI=1S/C22H21BrCl2N4O3S/c1-14-9-16(15(2)29(14)19-6-4-5-17(23)10-19)12-26-27-22(30)13-28(33(3,31)32)21-11-18(24)7-8-20(21)25/h4-12H,13H2,1-3H3,(H,27,30). The largest absolute Gasteiger partial charge is 0.318 e. The van der Waals surface area contributed by atoms with Gasteiger partial charge in [0.15, 0.2) is 0 Å². The molecule has 0 radical (unpaired) electrons. The molecule has 1 aromatic heterocycles. The minimum absolute atomic E-state index is 0.114. The molecule has 0 aliphatic heterocycles.